The Bertz CT molecular complexity index is 771. The molecule has 1 fully saturated rings. The number of piperidine rings is 1. The number of rotatable bonds is 6. The first-order valence-corrected chi connectivity index (χ1v) is 11.0. The number of amides is 2. The van der Waals surface area contributed by atoms with Gasteiger partial charge in [0.25, 0.3) is 5.91 Å². The third kappa shape index (κ3) is 9.62. The Morgan fingerprint density at radius 2 is 1.88 bits per heavy atom. The summed E-state index contributed by atoms with van der Waals surface area (Å²) >= 11 is 0. The zero-order valence-electron chi connectivity index (χ0n) is 19.9. The van der Waals surface area contributed by atoms with E-state index in [1.54, 1.807) is 19.0 Å². The van der Waals surface area contributed by atoms with Crippen LogP contribution in [0.5, 0.6) is 0 Å². The van der Waals surface area contributed by atoms with Gasteiger partial charge in [-0.05, 0) is 63.6 Å². The molecule has 180 valence electrons. The highest BCUT2D eigenvalue weighted by Crippen LogP contribution is 2.19. The summed E-state index contributed by atoms with van der Waals surface area (Å²) in [5.41, 5.74) is 1.30. The molecule has 0 unspecified atom stereocenters. The summed E-state index contributed by atoms with van der Waals surface area (Å²) in [4.78, 5) is 30.0. The van der Waals surface area contributed by atoms with E-state index in [0.717, 1.165) is 50.4 Å². The molecule has 2 rings (SSSR count). The third-order valence-electron chi connectivity index (χ3n) is 5.17. The maximum Gasteiger partial charge on any atom is 0.410 e. The largest absolute Gasteiger partial charge is 0.444 e. The van der Waals surface area contributed by atoms with E-state index in [0.29, 0.717) is 18.0 Å². The fourth-order valence-electron chi connectivity index (χ4n) is 3.45. The summed E-state index contributed by atoms with van der Waals surface area (Å²) in [6, 6.07) is 7.64. The lowest BCUT2D eigenvalue weighted by molar-refractivity contribution is 0.0185. The molecule has 8 nitrogen and oxygen atoms in total. The zero-order chi connectivity index (χ0) is 22.9. The summed E-state index contributed by atoms with van der Waals surface area (Å²) in [5, 5.41) is 9.36. The third-order valence-corrected chi connectivity index (χ3v) is 5.17. The molecule has 1 heterocycles. The summed E-state index contributed by atoms with van der Waals surface area (Å²) < 4.78 is 5.46. The number of carbonyl (C=O) groups is 2. The lowest BCUT2D eigenvalue weighted by atomic mass is 9.97. The summed E-state index contributed by atoms with van der Waals surface area (Å²) in [6.07, 6.45) is 2.45. The van der Waals surface area contributed by atoms with Crippen LogP contribution < -0.4 is 16.0 Å². The van der Waals surface area contributed by atoms with E-state index in [1.165, 1.54) is 0 Å². The number of nitrogens with zero attached hydrogens (tertiary/aromatic N) is 2. The van der Waals surface area contributed by atoms with Crippen molar-refractivity contribution in [2.45, 2.75) is 45.6 Å². The van der Waals surface area contributed by atoms with Crippen molar-refractivity contribution in [3.05, 3.63) is 35.4 Å². The highest BCUT2D eigenvalue weighted by molar-refractivity contribution is 14.0. The molecule has 0 radical (unpaired) electrons. The number of aliphatic imine (C=N–C) groups is 1. The monoisotopic (exact) mass is 559 g/mol. The van der Waals surface area contributed by atoms with E-state index in [-0.39, 0.29) is 36.0 Å². The fraction of sp³-hybridized carbons (Fsp3) is 0.609. The number of nitrogens with one attached hydrogen (secondary N) is 3. The van der Waals surface area contributed by atoms with E-state index in [4.69, 9.17) is 4.74 Å². The number of likely N-dealkylation sites (tertiary alicyclic amines) is 1. The Balaban J connectivity index is 0.00000512. The second-order valence-electron chi connectivity index (χ2n) is 8.82. The van der Waals surface area contributed by atoms with Gasteiger partial charge in [-0.2, -0.15) is 0 Å². The maximum absolute atomic E-state index is 12.2. The Labute approximate surface area is 209 Å². The second kappa shape index (κ2) is 13.5. The number of halogens is 1. The van der Waals surface area contributed by atoms with Gasteiger partial charge in [0, 0.05) is 45.8 Å². The molecule has 0 atom stereocenters. The van der Waals surface area contributed by atoms with Crippen LogP contribution in [0.3, 0.4) is 0 Å². The van der Waals surface area contributed by atoms with E-state index in [2.05, 4.69) is 20.9 Å². The van der Waals surface area contributed by atoms with Crippen LogP contribution in [-0.2, 0) is 11.2 Å². The molecular weight excluding hydrogens is 521 g/mol. The van der Waals surface area contributed by atoms with Gasteiger partial charge in [-0.15, -0.1) is 24.0 Å². The molecule has 1 aliphatic heterocycles. The van der Waals surface area contributed by atoms with E-state index >= 15 is 0 Å². The molecule has 0 saturated carbocycles. The van der Waals surface area contributed by atoms with Gasteiger partial charge in [-0.1, -0.05) is 12.1 Å². The van der Waals surface area contributed by atoms with Gasteiger partial charge in [-0.3, -0.25) is 9.79 Å². The number of ether oxygens (including phenoxy) is 1. The molecule has 0 aliphatic carbocycles. The van der Waals surface area contributed by atoms with Gasteiger partial charge >= 0.3 is 6.09 Å². The highest BCUT2D eigenvalue weighted by atomic mass is 127. The maximum atomic E-state index is 12.2. The Hall–Kier alpha value is -2.04. The van der Waals surface area contributed by atoms with Crippen molar-refractivity contribution in [1.29, 1.82) is 0 Å². The van der Waals surface area contributed by atoms with Gasteiger partial charge in [0.2, 0.25) is 0 Å². The van der Waals surface area contributed by atoms with Crippen molar-refractivity contribution in [3.63, 3.8) is 0 Å². The topological polar surface area (TPSA) is 95.1 Å². The first kappa shape index (κ1) is 28.0. The zero-order valence-corrected chi connectivity index (χ0v) is 22.2. The van der Waals surface area contributed by atoms with Crippen LogP contribution >= 0.6 is 24.0 Å². The molecule has 0 spiro atoms. The molecule has 3 N–H and O–H groups in total. The van der Waals surface area contributed by atoms with Gasteiger partial charge in [-0.25, -0.2) is 4.79 Å². The van der Waals surface area contributed by atoms with E-state index in [1.807, 2.05) is 45.0 Å². The van der Waals surface area contributed by atoms with Crippen LogP contribution in [0.15, 0.2) is 29.3 Å². The summed E-state index contributed by atoms with van der Waals surface area (Å²) in [5.74, 6) is 1.17. The Kier molecular flexibility index (Phi) is 11.8. The Morgan fingerprint density at radius 1 is 1.19 bits per heavy atom. The quantitative estimate of drug-likeness (QED) is 0.283. The van der Waals surface area contributed by atoms with Crippen LogP contribution in [-0.4, -0.2) is 68.7 Å². The smallest absolute Gasteiger partial charge is 0.410 e. The van der Waals surface area contributed by atoms with Crippen molar-refractivity contribution in [3.8, 4) is 0 Å². The van der Waals surface area contributed by atoms with Crippen LogP contribution in [0.4, 0.5) is 4.79 Å². The standard InChI is InChI=1S/C23H37N5O3.HI/c1-23(2,3)31-22(30)28-13-10-18(11-14-28)16-27-21(25-5)26-12-9-17-7-6-8-19(15-17)20(29)24-4;/h6-8,15,18H,9-14,16H2,1-5H3,(H,24,29)(H2,25,26,27);1H. The molecular formula is C23H38IN5O3. The fourth-order valence-corrected chi connectivity index (χ4v) is 3.45. The average Bonchev–Trinajstić information content (AvgIpc) is 2.75. The van der Waals surface area contributed by atoms with Crippen molar-refractivity contribution >= 4 is 41.9 Å². The first-order valence-electron chi connectivity index (χ1n) is 11.0. The predicted octanol–water partition coefficient (Wildman–Crippen LogP) is 3.02. The van der Waals surface area contributed by atoms with Crippen molar-refractivity contribution in [2.24, 2.45) is 10.9 Å². The van der Waals surface area contributed by atoms with Gasteiger partial charge in [0.1, 0.15) is 5.60 Å². The molecule has 0 bridgehead atoms. The minimum atomic E-state index is -0.461. The van der Waals surface area contributed by atoms with Crippen molar-refractivity contribution in [1.82, 2.24) is 20.9 Å². The van der Waals surface area contributed by atoms with Crippen LogP contribution in [0.1, 0.15) is 49.5 Å². The van der Waals surface area contributed by atoms with Crippen LogP contribution in [0.25, 0.3) is 0 Å². The summed E-state index contributed by atoms with van der Waals surface area (Å²) in [6.45, 7) is 8.63. The number of hydrogen-bond acceptors (Lipinski definition) is 4. The molecule has 1 saturated heterocycles. The average molecular weight is 559 g/mol. The number of guanidine groups is 1. The second-order valence-corrected chi connectivity index (χ2v) is 8.82. The SMILES string of the molecule is CN=C(NCCc1cccc(C(=O)NC)c1)NCC1CCN(C(=O)OC(C)(C)C)CC1.I. The molecule has 32 heavy (non-hydrogen) atoms. The van der Waals surface area contributed by atoms with E-state index in [9.17, 15) is 9.59 Å². The molecule has 1 aromatic carbocycles. The van der Waals surface area contributed by atoms with Crippen molar-refractivity contribution < 1.29 is 14.3 Å². The lowest BCUT2D eigenvalue weighted by Crippen LogP contribution is -2.45. The minimum absolute atomic E-state index is 0. The molecule has 0 aromatic heterocycles. The first-order chi connectivity index (χ1) is 14.7. The van der Waals surface area contributed by atoms with Gasteiger partial charge < -0.3 is 25.6 Å². The van der Waals surface area contributed by atoms with E-state index < -0.39 is 5.60 Å². The molecule has 2 amide bonds. The normalized spacial score (nSPS) is 14.9. The highest BCUT2D eigenvalue weighted by Gasteiger charge is 2.26. The molecule has 1 aromatic rings. The van der Waals surface area contributed by atoms with Crippen molar-refractivity contribution in [2.75, 3.05) is 40.3 Å². The molecule has 1 aliphatic rings. The molecule has 9 heteroatoms. The number of carbonyl (C=O) groups excluding carboxylic acids is 2. The van der Waals surface area contributed by atoms with Gasteiger partial charge in [0.15, 0.2) is 5.96 Å². The number of hydrogen-bond donors (Lipinski definition) is 3. The lowest BCUT2D eigenvalue weighted by Gasteiger charge is -2.33. The van der Waals surface area contributed by atoms with Gasteiger partial charge in [0.05, 0.1) is 0 Å². The number of benzene rings is 1. The Morgan fingerprint density at radius 3 is 2.47 bits per heavy atom. The summed E-state index contributed by atoms with van der Waals surface area (Å²) in [7, 11) is 3.39. The minimum Gasteiger partial charge on any atom is -0.444 e. The predicted molar refractivity (Wildman–Crippen MR) is 139 cm³/mol. The van der Waals surface area contributed by atoms with Crippen LogP contribution in [0.2, 0.25) is 0 Å². The van der Waals surface area contributed by atoms with Crippen LogP contribution in [0, 0.1) is 5.92 Å².